The van der Waals surface area contributed by atoms with Crippen molar-refractivity contribution in [1.82, 2.24) is 9.29 Å². The van der Waals surface area contributed by atoms with Crippen molar-refractivity contribution in [2.24, 2.45) is 0 Å². The van der Waals surface area contributed by atoms with Gasteiger partial charge < -0.3 is 0 Å². The summed E-state index contributed by atoms with van der Waals surface area (Å²) in [5.74, 6) is 0. The molecule has 1 N–H and O–H groups in total. The molecule has 0 saturated carbocycles. The van der Waals surface area contributed by atoms with Crippen LogP contribution in [0.4, 0.5) is 0 Å². The van der Waals surface area contributed by atoms with Gasteiger partial charge >= 0.3 is 4.87 Å². The Hall–Kier alpha value is -2.45. The van der Waals surface area contributed by atoms with E-state index in [0.717, 1.165) is 28.0 Å². The molecule has 1 aromatic heterocycles. The molecule has 0 fully saturated rings. The highest BCUT2D eigenvalue weighted by atomic mass is 35.5. The van der Waals surface area contributed by atoms with E-state index in [4.69, 9.17) is 11.6 Å². The predicted molar refractivity (Wildman–Crippen MR) is 122 cm³/mol. The van der Waals surface area contributed by atoms with Gasteiger partial charge in [-0.3, -0.25) is 9.36 Å². The van der Waals surface area contributed by atoms with Gasteiger partial charge in [-0.2, -0.15) is 0 Å². The number of fused-ring (bicyclic) bond motifs is 1. The molecule has 154 valence electrons. The Labute approximate surface area is 183 Å². The van der Waals surface area contributed by atoms with Crippen molar-refractivity contribution < 1.29 is 8.42 Å². The van der Waals surface area contributed by atoms with Gasteiger partial charge in [-0.05, 0) is 48.4 Å². The fourth-order valence-electron chi connectivity index (χ4n) is 3.10. The van der Waals surface area contributed by atoms with Crippen molar-refractivity contribution >= 4 is 43.2 Å². The zero-order chi connectivity index (χ0) is 21.3. The Kier molecular flexibility index (Phi) is 5.79. The Bertz CT molecular complexity index is 1360. The summed E-state index contributed by atoms with van der Waals surface area (Å²) in [6.45, 7) is 2.58. The lowest BCUT2D eigenvalue weighted by atomic mass is 10.2. The Morgan fingerprint density at radius 2 is 1.63 bits per heavy atom. The average molecular weight is 459 g/mol. The number of hydrogen-bond donors (Lipinski definition) is 1. The van der Waals surface area contributed by atoms with Crippen LogP contribution >= 0.6 is 22.9 Å². The standard InChI is InChI=1S/C22H19ClN2O3S2/c1-15-2-4-16(5-3-15)13-24-30(27,28)19-10-11-20-21(12-19)29-22(26)25(20)14-17-6-8-18(23)9-7-17/h2-12,24H,13-14H2,1H3. The minimum absolute atomic E-state index is 0.137. The molecule has 4 rings (SSSR count). The van der Waals surface area contributed by atoms with Crippen molar-refractivity contribution in [2.45, 2.75) is 24.9 Å². The molecular weight excluding hydrogens is 440 g/mol. The first kappa shape index (κ1) is 20.8. The molecular formula is C22H19ClN2O3S2. The minimum Gasteiger partial charge on any atom is -0.294 e. The number of sulfonamides is 1. The summed E-state index contributed by atoms with van der Waals surface area (Å²) < 4.78 is 30.3. The van der Waals surface area contributed by atoms with Gasteiger partial charge in [0.05, 0.1) is 21.7 Å². The zero-order valence-electron chi connectivity index (χ0n) is 16.1. The summed E-state index contributed by atoms with van der Waals surface area (Å²) in [4.78, 5) is 12.5. The van der Waals surface area contributed by atoms with Gasteiger partial charge in [-0.1, -0.05) is 64.9 Å². The predicted octanol–water partition coefficient (Wildman–Crippen LogP) is 4.55. The van der Waals surface area contributed by atoms with Crippen LogP contribution < -0.4 is 9.60 Å². The summed E-state index contributed by atoms with van der Waals surface area (Å²) in [6.07, 6.45) is 0. The van der Waals surface area contributed by atoms with Gasteiger partial charge in [-0.25, -0.2) is 13.1 Å². The summed E-state index contributed by atoms with van der Waals surface area (Å²) in [5, 5.41) is 0.634. The second kappa shape index (κ2) is 8.35. The van der Waals surface area contributed by atoms with Crippen LogP contribution in [0.1, 0.15) is 16.7 Å². The highest BCUT2D eigenvalue weighted by molar-refractivity contribution is 7.89. The maximum atomic E-state index is 12.7. The molecule has 0 bridgehead atoms. The van der Waals surface area contributed by atoms with E-state index in [-0.39, 0.29) is 16.3 Å². The van der Waals surface area contributed by atoms with Gasteiger partial charge in [0.15, 0.2) is 0 Å². The third-order valence-electron chi connectivity index (χ3n) is 4.79. The Morgan fingerprint density at radius 3 is 2.33 bits per heavy atom. The maximum absolute atomic E-state index is 12.7. The van der Waals surface area contributed by atoms with Crippen LogP contribution in [0.3, 0.4) is 0 Å². The lowest BCUT2D eigenvalue weighted by molar-refractivity contribution is 0.581. The van der Waals surface area contributed by atoms with Gasteiger partial charge in [-0.15, -0.1) is 0 Å². The summed E-state index contributed by atoms with van der Waals surface area (Å²) in [5.41, 5.74) is 3.64. The number of benzene rings is 3. The lowest BCUT2D eigenvalue weighted by Crippen LogP contribution is -2.23. The molecule has 0 amide bonds. The van der Waals surface area contributed by atoms with Crippen molar-refractivity contribution in [3.8, 4) is 0 Å². The molecule has 0 aliphatic carbocycles. The Balaban J connectivity index is 1.59. The number of aryl methyl sites for hydroxylation is 1. The zero-order valence-corrected chi connectivity index (χ0v) is 18.5. The number of aromatic nitrogens is 1. The number of nitrogens with one attached hydrogen (secondary N) is 1. The molecule has 0 spiro atoms. The van der Waals surface area contributed by atoms with Crippen LogP contribution in [-0.4, -0.2) is 13.0 Å². The van der Waals surface area contributed by atoms with E-state index in [1.54, 1.807) is 28.8 Å². The summed E-state index contributed by atoms with van der Waals surface area (Å²) in [7, 11) is -3.70. The van der Waals surface area contributed by atoms with E-state index in [0.29, 0.717) is 21.8 Å². The third-order valence-corrected chi connectivity index (χ3v) is 7.38. The van der Waals surface area contributed by atoms with Gasteiger partial charge in [0.2, 0.25) is 10.0 Å². The molecule has 0 saturated heterocycles. The normalized spacial score (nSPS) is 11.8. The largest absolute Gasteiger partial charge is 0.308 e. The highest BCUT2D eigenvalue weighted by Crippen LogP contribution is 2.23. The second-order valence-electron chi connectivity index (χ2n) is 7.02. The van der Waals surface area contributed by atoms with Crippen LogP contribution in [-0.2, 0) is 23.1 Å². The average Bonchev–Trinajstić information content (AvgIpc) is 3.04. The topological polar surface area (TPSA) is 68.2 Å². The van der Waals surface area contributed by atoms with E-state index in [1.807, 2.05) is 43.3 Å². The second-order valence-corrected chi connectivity index (χ2v) is 10.2. The highest BCUT2D eigenvalue weighted by Gasteiger charge is 2.17. The summed E-state index contributed by atoms with van der Waals surface area (Å²) >= 11 is 6.96. The Morgan fingerprint density at radius 1 is 0.967 bits per heavy atom. The van der Waals surface area contributed by atoms with Gasteiger partial charge in [0.25, 0.3) is 0 Å². The molecule has 0 unspecified atom stereocenters. The molecule has 8 heteroatoms. The van der Waals surface area contributed by atoms with E-state index in [1.165, 1.54) is 6.07 Å². The van der Waals surface area contributed by atoms with E-state index >= 15 is 0 Å². The first-order chi connectivity index (χ1) is 14.3. The van der Waals surface area contributed by atoms with Crippen molar-refractivity contribution in [2.75, 3.05) is 0 Å². The van der Waals surface area contributed by atoms with Crippen LogP contribution in [0.2, 0.25) is 5.02 Å². The molecule has 0 radical (unpaired) electrons. The smallest absolute Gasteiger partial charge is 0.294 e. The van der Waals surface area contributed by atoms with Crippen LogP contribution in [0.25, 0.3) is 10.2 Å². The monoisotopic (exact) mass is 458 g/mol. The number of halogens is 1. The number of thiazole rings is 1. The molecule has 3 aromatic carbocycles. The molecule has 4 aromatic rings. The van der Waals surface area contributed by atoms with Crippen molar-refractivity contribution in [3.05, 3.63) is 98.1 Å². The molecule has 0 aliphatic rings. The fourth-order valence-corrected chi connectivity index (χ4v) is 5.28. The maximum Gasteiger partial charge on any atom is 0.308 e. The van der Waals surface area contributed by atoms with Crippen molar-refractivity contribution in [1.29, 1.82) is 0 Å². The van der Waals surface area contributed by atoms with E-state index < -0.39 is 10.0 Å². The third kappa shape index (κ3) is 4.49. The van der Waals surface area contributed by atoms with Crippen LogP contribution in [0, 0.1) is 6.92 Å². The van der Waals surface area contributed by atoms with Gasteiger partial charge in [0, 0.05) is 11.6 Å². The molecule has 30 heavy (non-hydrogen) atoms. The van der Waals surface area contributed by atoms with Gasteiger partial charge in [0.1, 0.15) is 0 Å². The molecule has 0 atom stereocenters. The molecule has 0 aliphatic heterocycles. The van der Waals surface area contributed by atoms with Crippen LogP contribution in [0.5, 0.6) is 0 Å². The minimum atomic E-state index is -3.70. The quantitative estimate of drug-likeness (QED) is 0.460. The molecule has 5 nitrogen and oxygen atoms in total. The van der Waals surface area contributed by atoms with E-state index in [2.05, 4.69) is 4.72 Å². The fraction of sp³-hybridized carbons (Fsp3) is 0.136. The number of nitrogens with zero attached hydrogens (tertiary/aromatic N) is 1. The number of rotatable bonds is 6. The van der Waals surface area contributed by atoms with Crippen molar-refractivity contribution in [3.63, 3.8) is 0 Å². The first-order valence-electron chi connectivity index (χ1n) is 9.25. The van der Waals surface area contributed by atoms with E-state index in [9.17, 15) is 13.2 Å². The summed E-state index contributed by atoms with van der Waals surface area (Å²) in [6, 6.07) is 19.7. The number of hydrogen-bond acceptors (Lipinski definition) is 4. The SMILES string of the molecule is Cc1ccc(CNS(=O)(=O)c2ccc3c(c2)sc(=O)n3Cc2ccc(Cl)cc2)cc1. The van der Waals surface area contributed by atoms with Crippen LogP contribution in [0.15, 0.2) is 76.4 Å². The lowest BCUT2D eigenvalue weighted by Gasteiger charge is -2.08. The molecule has 1 heterocycles. The first-order valence-corrected chi connectivity index (χ1v) is 11.9.